The number of aromatic nitrogens is 3. The maximum atomic E-state index is 12.9. The number of benzene rings is 1. The van der Waals surface area contributed by atoms with Crippen LogP contribution in [0.3, 0.4) is 0 Å². The SMILES string of the molecule is Cc1c(C(=O)N2CCN(C3CCS(=O)(=O)C3)CC2)nnn1-c1cccc(Br)c1. The van der Waals surface area contributed by atoms with E-state index in [-0.39, 0.29) is 23.5 Å². The predicted octanol–water partition coefficient (Wildman–Crippen LogP) is 1.28. The molecule has 0 spiro atoms. The summed E-state index contributed by atoms with van der Waals surface area (Å²) in [4.78, 5) is 16.9. The molecule has 0 N–H and O–H groups in total. The molecule has 1 aromatic carbocycles. The molecule has 1 atom stereocenters. The summed E-state index contributed by atoms with van der Waals surface area (Å²) in [6.07, 6.45) is 0.691. The van der Waals surface area contributed by atoms with Crippen LogP contribution in [0, 0.1) is 6.92 Å². The van der Waals surface area contributed by atoms with Gasteiger partial charge in [0, 0.05) is 36.7 Å². The fourth-order valence-electron chi connectivity index (χ4n) is 3.88. The number of nitrogens with zero attached hydrogens (tertiary/aromatic N) is 5. The topological polar surface area (TPSA) is 88.4 Å². The number of carbonyl (C=O) groups excluding carboxylic acids is 1. The lowest BCUT2D eigenvalue weighted by Crippen LogP contribution is -2.52. The Hall–Kier alpha value is -1.78. The van der Waals surface area contributed by atoms with E-state index in [1.165, 1.54) is 0 Å². The summed E-state index contributed by atoms with van der Waals surface area (Å²) in [5, 5.41) is 8.28. The van der Waals surface area contributed by atoms with E-state index in [4.69, 9.17) is 0 Å². The molecular formula is C18H22BrN5O3S. The quantitative estimate of drug-likeness (QED) is 0.675. The van der Waals surface area contributed by atoms with Crippen LogP contribution in [0.2, 0.25) is 0 Å². The van der Waals surface area contributed by atoms with Gasteiger partial charge in [-0.05, 0) is 31.5 Å². The molecule has 2 saturated heterocycles. The average Bonchev–Trinajstić information content (AvgIpc) is 3.23. The molecule has 28 heavy (non-hydrogen) atoms. The smallest absolute Gasteiger partial charge is 0.276 e. The Balaban J connectivity index is 1.43. The molecule has 150 valence electrons. The van der Waals surface area contributed by atoms with Crippen LogP contribution < -0.4 is 0 Å². The van der Waals surface area contributed by atoms with Crippen molar-refractivity contribution in [2.45, 2.75) is 19.4 Å². The summed E-state index contributed by atoms with van der Waals surface area (Å²) in [5.41, 5.74) is 1.90. The van der Waals surface area contributed by atoms with E-state index < -0.39 is 9.84 Å². The Labute approximate surface area is 172 Å². The minimum absolute atomic E-state index is 0.0846. The minimum atomic E-state index is -2.90. The standard InChI is InChI=1S/C18H22BrN5O3S/c1-13-17(20-21-24(13)15-4-2-3-14(19)11-15)18(25)23-8-6-22(7-9-23)16-5-10-28(26,27)12-16/h2-4,11,16H,5-10,12H2,1H3. The molecule has 1 amide bonds. The van der Waals surface area contributed by atoms with Crippen LogP contribution in [0.25, 0.3) is 5.69 Å². The van der Waals surface area contributed by atoms with Crippen molar-refractivity contribution in [1.82, 2.24) is 24.8 Å². The van der Waals surface area contributed by atoms with Gasteiger partial charge in [0.25, 0.3) is 5.91 Å². The molecule has 10 heteroatoms. The molecule has 0 saturated carbocycles. The lowest BCUT2D eigenvalue weighted by Gasteiger charge is -2.37. The Morgan fingerprint density at radius 1 is 1.21 bits per heavy atom. The first-order valence-electron chi connectivity index (χ1n) is 9.26. The third-order valence-electron chi connectivity index (χ3n) is 5.48. The van der Waals surface area contributed by atoms with Gasteiger partial charge in [0.05, 0.1) is 22.9 Å². The van der Waals surface area contributed by atoms with Gasteiger partial charge in [-0.25, -0.2) is 13.1 Å². The highest BCUT2D eigenvalue weighted by Crippen LogP contribution is 2.21. The molecule has 1 unspecified atom stereocenters. The molecule has 3 heterocycles. The molecule has 2 aromatic rings. The van der Waals surface area contributed by atoms with E-state index >= 15 is 0 Å². The Morgan fingerprint density at radius 2 is 1.96 bits per heavy atom. The maximum Gasteiger partial charge on any atom is 0.276 e. The highest BCUT2D eigenvalue weighted by Gasteiger charge is 2.35. The molecule has 2 aliphatic rings. The molecule has 0 aliphatic carbocycles. The van der Waals surface area contributed by atoms with Gasteiger partial charge in [-0.3, -0.25) is 9.69 Å². The Morgan fingerprint density at radius 3 is 2.61 bits per heavy atom. The molecule has 0 bridgehead atoms. The number of amides is 1. The second kappa shape index (κ2) is 7.57. The molecule has 8 nitrogen and oxygen atoms in total. The van der Waals surface area contributed by atoms with Gasteiger partial charge in [0.15, 0.2) is 15.5 Å². The summed E-state index contributed by atoms with van der Waals surface area (Å²) in [6, 6.07) is 7.75. The first-order valence-corrected chi connectivity index (χ1v) is 11.9. The number of hydrogen-bond donors (Lipinski definition) is 0. The lowest BCUT2D eigenvalue weighted by molar-refractivity contribution is 0.0581. The van der Waals surface area contributed by atoms with Gasteiger partial charge in [-0.2, -0.15) is 0 Å². The normalized spacial score (nSPS) is 22.5. The van der Waals surface area contributed by atoms with Crippen molar-refractivity contribution in [3.05, 3.63) is 40.1 Å². The van der Waals surface area contributed by atoms with Gasteiger partial charge in [-0.15, -0.1) is 5.10 Å². The van der Waals surface area contributed by atoms with Crippen LogP contribution in [0.1, 0.15) is 22.6 Å². The largest absolute Gasteiger partial charge is 0.335 e. The first-order chi connectivity index (χ1) is 13.3. The van der Waals surface area contributed by atoms with E-state index in [1.807, 2.05) is 31.2 Å². The van der Waals surface area contributed by atoms with Crippen LogP contribution in [0.4, 0.5) is 0 Å². The zero-order chi connectivity index (χ0) is 19.9. The van der Waals surface area contributed by atoms with Crippen molar-refractivity contribution in [2.24, 2.45) is 0 Å². The van der Waals surface area contributed by atoms with E-state index in [0.29, 0.717) is 44.0 Å². The molecule has 1 aromatic heterocycles. The van der Waals surface area contributed by atoms with Gasteiger partial charge < -0.3 is 4.90 Å². The van der Waals surface area contributed by atoms with Crippen LogP contribution in [0.5, 0.6) is 0 Å². The molecular weight excluding hydrogens is 446 g/mol. The number of piperazine rings is 1. The fraction of sp³-hybridized carbons (Fsp3) is 0.500. The van der Waals surface area contributed by atoms with Crippen molar-refractivity contribution in [3.63, 3.8) is 0 Å². The van der Waals surface area contributed by atoms with Gasteiger partial charge in [0.2, 0.25) is 0 Å². The lowest BCUT2D eigenvalue weighted by atomic mass is 10.2. The highest BCUT2D eigenvalue weighted by atomic mass is 79.9. The van der Waals surface area contributed by atoms with Crippen LogP contribution in [0.15, 0.2) is 28.7 Å². The van der Waals surface area contributed by atoms with E-state index in [9.17, 15) is 13.2 Å². The predicted molar refractivity (Wildman–Crippen MR) is 108 cm³/mol. The average molecular weight is 468 g/mol. The Bertz CT molecular complexity index is 998. The number of sulfone groups is 1. The number of rotatable bonds is 3. The summed E-state index contributed by atoms with van der Waals surface area (Å²) < 4.78 is 26.0. The van der Waals surface area contributed by atoms with Gasteiger partial charge >= 0.3 is 0 Å². The molecule has 4 rings (SSSR count). The number of carbonyl (C=O) groups is 1. The van der Waals surface area contributed by atoms with Crippen molar-refractivity contribution < 1.29 is 13.2 Å². The maximum absolute atomic E-state index is 12.9. The second-order valence-corrected chi connectivity index (χ2v) is 10.4. The Kier molecular flexibility index (Phi) is 5.28. The van der Waals surface area contributed by atoms with E-state index in [2.05, 4.69) is 31.1 Å². The summed E-state index contributed by atoms with van der Waals surface area (Å²) in [7, 11) is -2.90. The fourth-order valence-corrected chi connectivity index (χ4v) is 6.03. The van der Waals surface area contributed by atoms with Crippen LogP contribution in [-0.2, 0) is 9.84 Å². The highest BCUT2D eigenvalue weighted by molar-refractivity contribution is 9.10. The van der Waals surface area contributed by atoms with Crippen molar-refractivity contribution in [1.29, 1.82) is 0 Å². The number of hydrogen-bond acceptors (Lipinski definition) is 6. The minimum Gasteiger partial charge on any atom is -0.335 e. The van der Waals surface area contributed by atoms with Gasteiger partial charge in [-0.1, -0.05) is 27.2 Å². The van der Waals surface area contributed by atoms with Gasteiger partial charge in [0.1, 0.15) is 0 Å². The van der Waals surface area contributed by atoms with Crippen LogP contribution >= 0.6 is 15.9 Å². The summed E-state index contributed by atoms with van der Waals surface area (Å²) in [5.74, 6) is 0.382. The molecule has 0 radical (unpaired) electrons. The van der Waals surface area contributed by atoms with Crippen molar-refractivity contribution in [2.75, 3.05) is 37.7 Å². The zero-order valence-electron chi connectivity index (χ0n) is 15.6. The van der Waals surface area contributed by atoms with Crippen molar-refractivity contribution in [3.8, 4) is 5.69 Å². The first kappa shape index (κ1) is 19.5. The zero-order valence-corrected chi connectivity index (χ0v) is 18.0. The van der Waals surface area contributed by atoms with E-state index in [1.54, 1.807) is 9.58 Å². The summed E-state index contributed by atoms with van der Waals surface area (Å²) >= 11 is 3.44. The molecule has 2 aliphatic heterocycles. The second-order valence-electron chi connectivity index (χ2n) is 7.30. The third-order valence-corrected chi connectivity index (χ3v) is 7.72. The summed E-state index contributed by atoms with van der Waals surface area (Å²) in [6.45, 7) is 4.35. The molecule has 2 fully saturated rings. The number of halogens is 1. The third kappa shape index (κ3) is 3.85. The van der Waals surface area contributed by atoms with Crippen molar-refractivity contribution >= 4 is 31.7 Å². The van der Waals surface area contributed by atoms with E-state index in [0.717, 1.165) is 10.2 Å². The monoisotopic (exact) mass is 467 g/mol. The van der Waals surface area contributed by atoms with Crippen LogP contribution in [-0.4, -0.2) is 82.8 Å².